The largest absolute Gasteiger partial charge is 0.324 e. The fraction of sp³-hybridized carbons (Fsp3) is 0.429. The van der Waals surface area contributed by atoms with Gasteiger partial charge in [0, 0.05) is 6.04 Å². The first-order chi connectivity index (χ1) is 9.11. The van der Waals surface area contributed by atoms with Gasteiger partial charge in [-0.3, -0.25) is 9.59 Å². The van der Waals surface area contributed by atoms with E-state index in [-0.39, 0.29) is 6.04 Å². The molecule has 19 heavy (non-hydrogen) atoms. The Labute approximate surface area is 110 Å². The topological polar surface area (TPSA) is 91.7 Å². The maximum atomic E-state index is 11.3. The minimum absolute atomic E-state index is 0.0358. The molecule has 0 aliphatic rings. The number of fused-ring (bicyclic) bond motifs is 1. The highest BCUT2D eigenvalue weighted by Crippen LogP contribution is 2.19. The van der Waals surface area contributed by atoms with Gasteiger partial charge in [-0.05, 0) is 24.1 Å². The average Bonchev–Trinajstić information content (AvgIpc) is 2.40. The summed E-state index contributed by atoms with van der Waals surface area (Å²) in [6.45, 7) is 2.16. The Hall–Kier alpha value is -1.88. The first kappa shape index (κ1) is 13.5. The molecule has 2 aromatic rings. The summed E-state index contributed by atoms with van der Waals surface area (Å²) < 4.78 is 0. The fourth-order valence-electron chi connectivity index (χ4n) is 2.14. The lowest BCUT2D eigenvalue weighted by Crippen LogP contribution is -2.29. The monoisotopic (exact) mass is 261 g/mol. The molecule has 1 aromatic carbocycles. The van der Waals surface area contributed by atoms with Crippen molar-refractivity contribution in [2.45, 2.75) is 38.6 Å². The van der Waals surface area contributed by atoms with Gasteiger partial charge in [-0.15, -0.1) is 0 Å². The second kappa shape index (κ2) is 5.84. The molecule has 0 saturated carbocycles. The number of unbranched alkanes of at least 4 members (excludes halogenated alkanes) is 2. The summed E-state index contributed by atoms with van der Waals surface area (Å²) >= 11 is 0. The summed E-state index contributed by atoms with van der Waals surface area (Å²) in [4.78, 5) is 27.6. The molecule has 0 aliphatic heterocycles. The van der Waals surface area contributed by atoms with E-state index in [1.54, 1.807) is 6.07 Å². The van der Waals surface area contributed by atoms with E-state index in [0.29, 0.717) is 11.0 Å². The van der Waals surface area contributed by atoms with Crippen LogP contribution in [0.4, 0.5) is 0 Å². The van der Waals surface area contributed by atoms with Crippen molar-refractivity contribution in [3.05, 3.63) is 44.5 Å². The van der Waals surface area contributed by atoms with Gasteiger partial charge in [-0.1, -0.05) is 32.3 Å². The maximum Gasteiger partial charge on any atom is 0.314 e. The summed E-state index contributed by atoms with van der Waals surface area (Å²) in [6, 6.07) is 5.48. The van der Waals surface area contributed by atoms with E-state index < -0.39 is 11.1 Å². The Balaban J connectivity index is 2.28. The van der Waals surface area contributed by atoms with Crippen molar-refractivity contribution < 1.29 is 0 Å². The third kappa shape index (κ3) is 3.12. The minimum Gasteiger partial charge on any atom is -0.324 e. The van der Waals surface area contributed by atoms with Crippen molar-refractivity contribution in [1.29, 1.82) is 0 Å². The zero-order valence-electron chi connectivity index (χ0n) is 11.0. The van der Waals surface area contributed by atoms with Gasteiger partial charge in [-0.25, -0.2) is 0 Å². The van der Waals surface area contributed by atoms with Gasteiger partial charge in [0.05, 0.1) is 11.0 Å². The smallest absolute Gasteiger partial charge is 0.314 e. The number of nitrogens with one attached hydrogen (secondary N) is 2. The Morgan fingerprint density at radius 3 is 2.47 bits per heavy atom. The number of H-pyrrole nitrogens is 2. The van der Waals surface area contributed by atoms with E-state index in [9.17, 15) is 9.59 Å². The second-order valence-electron chi connectivity index (χ2n) is 4.82. The molecule has 0 amide bonds. The predicted octanol–water partition coefficient (Wildman–Crippen LogP) is 1.80. The third-order valence-electron chi connectivity index (χ3n) is 3.29. The summed E-state index contributed by atoms with van der Waals surface area (Å²) in [6.07, 6.45) is 4.36. The Bertz CT molecular complexity index is 672. The van der Waals surface area contributed by atoms with Gasteiger partial charge in [0.1, 0.15) is 0 Å². The lowest BCUT2D eigenvalue weighted by Gasteiger charge is -2.12. The van der Waals surface area contributed by atoms with E-state index in [4.69, 9.17) is 5.73 Å². The summed E-state index contributed by atoms with van der Waals surface area (Å²) in [5, 5.41) is 0. The number of nitrogens with two attached hydrogens (primary N) is 1. The van der Waals surface area contributed by atoms with Gasteiger partial charge in [0.15, 0.2) is 0 Å². The van der Waals surface area contributed by atoms with Crippen molar-refractivity contribution in [1.82, 2.24) is 9.97 Å². The summed E-state index contributed by atoms with van der Waals surface area (Å²) in [5.41, 5.74) is 7.08. The number of hydrogen-bond donors (Lipinski definition) is 3. The highest BCUT2D eigenvalue weighted by Gasteiger charge is 2.07. The van der Waals surface area contributed by atoms with E-state index in [1.165, 1.54) is 12.8 Å². The van der Waals surface area contributed by atoms with E-state index in [1.807, 2.05) is 12.1 Å². The normalized spacial score (nSPS) is 12.7. The lowest BCUT2D eigenvalue weighted by molar-refractivity contribution is 0.581. The highest BCUT2D eigenvalue weighted by atomic mass is 16.2. The van der Waals surface area contributed by atoms with Gasteiger partial charge in [0.25, 0.3) is 0 Å². The first-order valence-electron chi connectivity index (χ1n) is 6.63. The van der Waals surface area contributed by atoms with Crippen molar-refractivity contribution in [3.8, 4) is 0 Å². The van der Waals surface area contributed by atoms with Crippen molar-refractivity contribution in [3.63, 3.8) is 0 Å². The van der Waals surface area contributed by atoms with Crippen LogP contribution in [0.2, 0.25) is 0 Å². The third-order valence-corrected chi connectivity index (χ3v) is 3.29. The lowest BCUT2D eigenvalue weighted by atomic mass is 10.0. The second-order valence-corrected chi connectivity index (χ2v) is 4.82. The van der Waals surface area contributed by atoms with Crippen LogP contribution in [-0.2, 0) is 0 Å². The zero-order valence-corrected chi connectivity index (χ0v) is 11.0. The van der Waals surface area contributed by atoms with Crippen molar-refractivity contribution in [2.24, 2.45) is 5.73 Å². The quantitative estimate of drug-likeness (QED) is 0.566. The van der Waals surface area contributed by atoms with Gasteiger partial charge < -0.3 is 15.7 Å². The van der Waals surface area contributed by atoms with E-state index in [0.717, 1.165) is 18.4 Å². The molecule has 5 heteroatoms. The van der Waals surface area contributed by atoms with Crippen LogP contribution in [0.1, 0.15) is 44.2 Å². The van der Waals surface area contributed by atoms with Crippen LogP contribution in [0.15, 0.2) is 27.8 Å². The van der Waals surface area contributed by atoms with Gasteiger partial charge >= 0.3 is 11.1 Å². The molecule has 1 aromatic heterocycles. The maximum absolute atomic E-state index is 11.3. The van der Waals surface area contributed by atoms with Crippen LogP contribution in [0.3, 0.4) is 0 Å². The molecule has 4 N–H and O–H groups in total. The Morgan fingerprint density at radius 2 is 1.79 bits per heavy atom. The molecule has 2 rings (SSSR count). The van der Waals surface area contributed by atoms with Crippen LogP contribution < -0.4 is 16.9 Å². The Kier molecular flexibility index (Phi) is 4.16. The SMILES string of the molecule is CCCCCC(N)c1ccc2[nH]c(=O)c(=O)[nH]c2c1. The molecule has 0 aliphatic carbocycles. The zero-order chi connectivity index (χ0) is 13.8. The van der Waals surface area contributed by atoms with Gasteiger partial charge in [-0.2, -0.15) is 0 Å². The number of aromatic amines is 2. The number of rotatable bonds is 5. The molecule has 0 radical (unpaired) electrons. The Morgan fingerprint density at radius 1 is 1.11 bits per heavy atom. The fourth-order valence-corrected chi connectivity index (χ4v) is 2.14. The molecule has 5 nitrogen and oxygen atoms in total. The van der Waals surface area contributed by atoms with Crippen LogP contribution >= 0.6 is 0 Å². The molecule has 1 heterocycles. The molecular weight excluding hydrogens is 242 g/mol. The van der Waals surface area contributed by atoms with Crippen LogP contribution in [0, 0.1) is 0 Å². The van der Waals surface area contributed by atoms with Crippen molar-refractivity contribution >= 4 is 11.0 Å². The minimum atomic E-state index is -0.635. The average molecular weight is 261 g/mol. The van der Waals surface area contributed by atoms with Crippen LogP contribution in [-0.4, -0.2) is 9.97 Å². The number of hydrogen-bond acceptors (Lipinski definition) is 3. The molecule has 1 unspecified atom stereocenters. The predicted molar refractivity (Wildman–Crippen MR) is 76.3 cm³/mol. The molecule has 0 spiro atoms. The van der Waals surface area contributed by atoms with E-state index in [2.05, 4.69) is 16.9 Å². The molecular formula is C14H19N3O2. The summed E-state index contributed by atoms with van der Waals surface area (Å²) in [7, 11) is 0. The molecule has 102 valence electrons. The van der Waals surface area contributed by atoms with E-state index >= 15 is 0 Å². The number of aromatic nitrogens is 2. The van der Waals surface area contributed by atoms with Crippen LogP contribution in [0.5, 0.6) is 0 Å². The first-order valence-corrected chi connectivity index (χ1v) is 6.63. The van der Waals surface area contributed by atoms with Gasteiger partial charge in [0.2, 0.25) is 0 Å². The van der Waals surface area contributed by atoms with Crippen molar-refractivity contribution in [2.75, 3.05) is 0 Å². The number of benzene rings is 1. The highest BCUT2D eigenvalue weighted by molar-refractivity contribution is 5.74. The molecule has 0 bridgehead atoms. The molecule has 0 saturated heterocycles. The molecule has 0 fully saturated rings. The standard InChI is InChI=1S/C14H19N3O2/c1-2-3-4-5-10(15)9-6-7-11-12(8-9)17-14(19)13(18)16-11/h6-8,10H,2-5,15H2,1H3,(H,16,18)(H,17,19). The molecule has 1 atom stereocenters. The summed E-state index contributed by atoms with van der Waals surface area (Å²) in [5.74, 6) is 0. The van der Waals surface area contributed by atoms with Crippen LogP contribution in [0.25, 0.3) is 11.0 Å².